The molecule has 2 atom stereocenters. The van der Waals surface area contributed by atoms with Crippen molar-refractivity contribution in [2.75, 3.05) is 11.4 Å². The summed E-state index contributed by atoms with van der Waals surface area (Å²) < 4.78 is 0.919. The number of anilines is 1. The van der Waals surface area contributed by atoms with E-state index in [1.807, 2.05) is 12.1 Å². The van der Waals surface area contributed by atoms with Crippen molar-refractivity contribution in [2.45, 2.75) is 25.3 Å². The van der Waals surface area contributed by atoms with Gasteiger partial charge in [0.2, 0.25) is 0 Å². The number of hydrogen-bond acceptors (Lipinski definition) is 3. The van der Waals surface area contributed by atoms with E-state index in [0.29, 0.717) is 6.04 Å². The van der Waals surface area contributed by atoms with Gasteiger partial charge in [-0.15, -0.1) is 0 Å². The van der Waals surface area contributed by atoms with Gasteiger partial charge in [0.05, 0.1) is 4.92 Å². The summed E-state index contributed by atoms with van der Waals surface area (Å²) in [5.74, 6) is 0.749. The zero-order chi connectivity index (χ0) is 12.0. The third-order valence-corrected chi connectivity index (χ3v) is 4.52. The molecule has 0 radical (unpaired) electrons. The number of benzene rings is 1. The Morgan fingerprint density at radius 2 is 2.24 bits per heavy atom. The lowest BCUT2D eigenvalue weighted by atomic mass is 10.1. The maximum atomic E-state index is 11.1. The molecule has 2 unspecified atom stereocenters. The van der Waals surface area contributed by atoms with Gasteiger partial charge < -0.3 is 4.90 Å². The van der Waals surface area contributed by atoms with Crippen molar-refractivity contribution < 1.29 is 4.92 Å². The van der Waals surface area contributed by atoms with Gasteiger partial charge in [0.25, 0.3) is 5.69 Å². The van der Waals surface area contributed by atoms with E-state index in [1.165, 1.54) is 19.3 Å². The summed E-state index contributed by atoms with van der Waals surface area (Å²) in [5, 5.41) is 11.1. The van der Waals surface area contributed by atoms with Crippen LogP contribution in [-0.4, -0.2) is 17.5 Å². The molecule has 1 aliphatic carbocycles. The van der Waals surface area contributed by atoms with Crippen molar-refractivity contribution in [3.63, 3.8) is 0 Å². The van der Waals surface area contributed by atoms with Crippen LogP contribution in [0.25, 0.3) is 0 Å². The third-order valence-electron chi connectivity index (χ3n) is 3.85. The van der Waals surface area contributed by atoms with E-state index < -0.39 is 0 Å². The van der Waals surface area contributed by atoms with Crippen LogP contribution in [0, 0.1) is 19.6 Å². The minimum Gasteiger partial charge on any atom is -0.363 e. The largest absolute Gasteiger partial charge is 0.363 e. The van der Waals surface area contributed by atoms with E-state index in [2.05, 4.69) is 27.5 Å². The van der Waals surface area contributed by atoms with Crippen molar-refractivity contribution >= 4 is 34.0 Å². The standard InChI is InChI=1S/C12H13IN2O2/c13-9-2-4-11(12(6-9)15(16)17)14-7-8-1-3-10(14)5-8/h2,4,6,8,10H,1,3,5,7H2. The van der Waals surface area contributed by atoms with Crippen LogP contribution in [0.5, 0.6) is 0 Å². The Hall–Kier alpha value is -0.850. The Bertz CT molecular complexity index is 478. The second-order valence-electron chi connectivity index (χ2n) is 4.88. The van der Waals surface area contributed by atoms with Crippen LogP contribution in [-0.2, 0) is 0 Å². The van der Waals surface area contributed by atoms with Crippen LogP contribution in [0.3, 0.4) is 0 Å². The molecule has 2 bridgehead atoms. The molecular weight excluding hydrogens is 331 g/mol. The Labute approximate surface area is 113 Å². The molecule has 0 N–H and O–H groups in total. The molecule has 3 rings (SSSR count). The molecule has 0 aromatic heterocycles. The second-order valence-corrected chi connectivity index (χ2v) is 6.12. The fourth-order valence-corrected chi connectivity index (χ4v) is 3.58. The fourth-order valence-electron chi connectivity index (χ4n) is 3.11. The molecule has 1 aromatic carbocycles. The number of nitro groups is 1. The van der Waals surface area contributed by atoms with Crippen LogP contribution in [0.15, 0.2) is 18.2 Å². The molecule has 1 heterocycles. The number of rotatable bonds is 2. The lowest BCUT2D eigenvalue weighted by Gasteiger charge is -2.28. The monoisotopic (exact) mass is 344 g/mol. The summed E-state index contributed by atoms with van der Waals surface area (Å²) in [5.41, 5.74) is 1.06. The molecule has 1 saturated heterocycles. The van der Waals surface area contributed by atoms with Crippen LogP contribution < -0.4 is 4.90 Å². The molecule has 0 spiro atoms. The Morgan fingerprint density at radius 3 is 2.82 bits per heavy atom. The average molecular weight is 344 g/mol. The van der Waals surface area contributed by atoms with Crippen molar-refractivity contribution in [2.24, 2.45) is 5.92 Å². The zero-order valence-electron chi connectivity index (χ0n) is 9.30. The van der Waals surface area contributed by atoms with Crippen LogP contribution in [0.1, 0.15) is 19.3 Å². The smallest absolute Gasteiger partial charge is 0.293 e. The minimum absolute atomic E-state index is 0.254. The van der Waals surface area contributed by atoms with E-state index in [4.69, 9.17) is 0 Å². The molecule has 4 nitrogen and oxygen atoms in total. The van der Waals surface area contributed by atoms with Crippen molar-refractivity contribution in [3.8, 4) is 0 Å². The number of fused-ring (bicyclic) bond motifs is 2. The van der Waals surface area contributed by atoms with Crippen molar-refractivity contribution in [3.05, 3.63) is 31.9 Å². The maximum absolute atomic E-state index is 11.1. The highest BCUT2D eigenvalue weighted by Crippen LogP contribution is 2.43. The molecule has 1 aromatic rings. The number of halogens is 1. The van der Waals surface area contributed by atoms with E-state index >= 15 is 0 Å². The maximum Gasteiger partial charge on any atom is 0.293 e. The first-order valence-electron chi connectivity index (χ1n) is 5.86. The highest BCUT2D eigenvalue weighted by atomic mass is 127. The highest BCUT2D eigenvalue weighted by Gasteiger charge is 2.39. The highest BCUT2D eigenvalue weighted by molar-refractivity contribution is 14.1. The van der Waals surface area contributed by atoms with Gasteiger partial charge in [-0.25, -0.2) is 0 Å². The molecular formula is C12H13IN2O2. The van der Waals surface area contributed by atoms with Gasteiger partial charge in [-0.1, -0.05) is 0 Å². The van der Waals surface area contributed by atoms with E-state index in [-0.39, 0.29) is 10.6 Å². The van der Waals surface area contributed by atoms with Crippen molar-refractivity contribution in [1.29, 1.82) is 0 Å². The zero-order valence-corrected chi connectivity index (χ0v) is 11.5. The molecule has 0 amide bonds. The molecule has 90 valence electrons. The number of nitrogens with zero attached hydrogens (tertiary/aromatic N) is 2. The first-order valence-corrected chi connectivity index (χ1v) is 6.93. The summed E-state index contributed by atoms with van der Waals surface area (Å²) in [6.45, 7) is 0.992. The molecule has 17 heavy (non-hydrogen) atoms. The van der Waals surface area contributed by atoms with Gasteiger partial charge in [0, 0.05) is 22.2 Å². The van der Waals surface area contributed by atoms with E-state index in [9.17, 15) is 10.1 Å². The van der Waals surface area contributed by atoms with Gasteiger partial charge in [-0.2, -0.15) is 0 Å². The topological polar surface area (TPSA) is 46.4 Å². The summed E-state index contributed by atoms with van der Waals surface area (Å²) in [6.07, 6.45) is 3.69. The first-order chi connectivity index (χ1) is 8.15. The molecule has 1 saturated carbocycles. The van der Waals surface area contributed by atoms with Gasteiger partial charge in [-0.05, 0) is 59.9 Å². The summed E-state index contributed by atoms with van der Waals surface area (Å²) in [6, 6.07) is 6.05. The predicted octanol–water partition coefficient (Wildman–Crippen LogP) is 3.19. The van der Waals surface area contributed by atoms with Gasteiger partial charge in [0.15, 0.2) is 0 Å². The average Bonchev–Trinajstić information content (AvgIpc) is 2.90. The number of piperidine rings is 1. The lowest BCUT2D eigenvalue weighted by Crippen LogP contribution is -2.32. The van der Waals surface area contributed by atoms with Gasteiger partial charge >= 0.3 is 0 Å². The third kappa shape index (κ3) is 1.90. The number of nitro benzene ring substituents is 1. The molecule has 5 heteroatoms. The molecule has 2 aliphatic rings. The van der Waals surface area contributed by atoms with Crippen molar-refractivity contribution in [1.82, 2.24) is 0 Å². The van der Waals surface area contributed by atoms with Crippen LogP contribution in [0.4, 0.5) is 11.4 Å². The normalized spacial score (nSPS) is 26.5. The van der Waals surface area contributed by atoms with Crippen LogP contribution in [0.2, 0.25) is 0 Å². The number of hydrogen-bond donors (Lipinski definition) is 0. The Balaban J connectivity index is 2.00. The second kappa shape index (κ2) is 4.12. The quantitative estimate of drug-likeness (QED) is 0.470. The predicted molar refractivity (Wildman–Crippen MR) is 74.3 cm³/mol. The SMILES string of the molecule is O=[N+]([O-])c1cc(I)ccc1N1CC2CCC1C2. The summed E-state index contributed by atoms with van der Waals surface area (Å²) in [4.78, 5) is 13.1. The van der Waals surface area contributed by atoms with Gasteiger partial charge in [0.1, 0.15) is 5.69 Å². The first kappa shape index (κ1) is 11.3. The Morgan fingerprint density at radius 1 is 1.41 bits per heavy atom. The molecule has 2 fully saturated rings. The van der Waals surface area contributed by atoms with Gasteiger partial charge in [-0.3, -0.25) is 10.1 Å². The van der Waals surface area contributed by atoms with E-state index in [1.54, 1.807) is 6.07 Å². The summed E-state index contributed by atoms with van der Waals surface area (Å²) >= 11 is 2.12. The fraction of sp³-hybridized carbons (Fsp3) is 0.500. The minimum atomic E-state index is -0.260. The lowest BCUT2D eigenvalue weighted by molar-refractivity contribution is -0.384. The Kier molecular flexibility index (Phi) is 2.72. The van der Waals surface area contributed by atoms with Crippen LogP contribution >= 0.6 is 22.6 Å². The molecule has 1 aliphatic heterocycles. The van der Waals surface area contributed by atoms with E-state index in [0.717, 1.165) is 21.7 Å². The summed E-state index contributed by atoms with van der Waals surface area (Å²) in [7, 11) is 0.